The Morgan fingerprint density at radius 2 is 1.14 bits per heavy atom. The molecule has 8 saturated carbocycles. The molecule has 0 aromatic heterocycles. The number of hydrogen-bond acceptors (Lipinski definition) is 0. The topological polar surface area (TPSA) is 0 Å². The first-order valence-electron chi connectivity index (χ1n) is 9.64. The molecule has 21 heavy (non-hydrogen) atoms. The Bertz CT molecular complexity index is 488. The smallest absolute Gasteiger partial charge is 0.0430 e. The van der Waals surface area contributed by atoms with E-state index in [-0.39, 0.29) is 0 Å². The molecule has 0 saturated heterocycles. The lowest BCUT2D eigenvalue weighted by Crippen LogP contribution is -2.50. The van der Waals surface area contributed by atoms with Crippen molar-refractivity contribution in [3.8, 4) is 0 Å². The van der Waals surface area contributed by atoms with Crippen LogP contribution >= 0.6 is 11.6 Å². The Balaban J connectivity index is 1.47. The molecule has 0 amide bonds. The minimum Gasteiger partial charge on any atom is -0.122 e. The van der Waals surface area contributed by atoms with E-state index in [1.165, 1.54) is 25.7 Å². The molecule has 8 aliphatic rings. The maximum absolute atomic E-state index is 6.94. The molecule has 8 bridgehead atoms. The molecule has 5 atom stereocenters. The van der Waals surface area contributed by atoms with Crippen LogP contribution in [0.5, 0.6) is 0 Å². The monoisotopic (exact) mass is 302 g/mol. The molecule has 114 valence electrons. The van der Waals surface area contributed by atoms with Crippen LogP contribution in [0.25, 0.3) is 0 Å². The maximum Gasteiger partial charge on any atom is 0.0430 e. The van der Waals surface area contributed by atoms with Crippen molar-refractivity contribution in [1.29, 1.82) is 0 Å². The third-order valence-electron chi connectivity index (χ3n) is 8.45. The van der Waals surface area contributed by atoms with Crippen molar-refractivity contribution in [3.05, 3.63) is 11.1 Å². The summed E-state index contributed by atoms with van der Waals surface area (Å²) in [5.74, 6) is 7.87. The van der Waals surface area contributed by atoms with Gasteiger partial charge in [-0.1, -0.05) is 11.1 Å². The summed E-state index contributed by atoms with van der Waals surface area (Å²) in [5, 5.41) is 0.498. The highest BCUT2D eigenvalue weighted by Crippen LogP contribution is 2.64. The molecule has 0 aromatic carbocycles. The molecule has 8 aliphatic carbocycles. The van der Waals surface area contributed by atoms with E-state index >= 15 is 0 Å². The van der Waals surface area contributed by atoms with E-state index in [0.717, 1.165) is 47.3 Å². The molecule has 0 radical (unpaired) electrons. The average Bonchev–Trinajstić information content (AvgIpc) is 2.45. The van der Waals surface area contributed by atoms with Crippen molar-refractivity contribution in [2.75, 3.05) is 0 Å². The summed E-state index contributed by atoms with van der Waals surface area (Å²) in [6.45, 7) is 0. The van der Waals surface area contributed by atoms with E-state index < -0.39 is 0 Å². The SMILES string of the molecule is Cl[C@@H]1[C@@H]2C[C@H]3C[C@@H](C2)C(=C2C4CC5CC(C4)CC2C5)[C@@H]1C3. The zero-order valence-electron chi connectivity index (χ0n) is 12.9. The van der Waals surface area contributed by atoms with Crippen molar-refractivity contribution in [3.63, 3.8) is 0 Å². The highest BCUT2D eigenvalue weighted by atomic mass is 35.5. The highest BCUT2D eigenvalue weighted by Gasteiger charge is 2.54. The van der Waals surface area contributed by atoms with Gasteiger partial charge in [0.15, 0.2) is 0 Å². The van der Waals surface area contributed by atoms with Crippen molar-refractivity contribution in [2.45, 2.75) is 63.2 Å². The Morgan fingerprint density at radius 1 is 0.571 bits per heavy atom. The molecule has 8 fully saturated rings. The summed E-state index contributed by atoms with van der Waals surface area (Å²) in [4.78, 5) is 0. The quantitative estimate of drug-likeness (QED) is 0.414. The van der Waals surface area contributed by atoms with Gasteiger partial charge in [-0.05, 0) is 105 Å². The molecular weight excluding hydrogens is 276 g/mol. The third kappa shape index (κ3) is 1.59. The van der Waals surface area contributed by atoms with Crippen molar-refractivity contribution < 1.29 is 0 Å². The van der Waals surface area contributed by atoms with E-state index in [9.17, 15) is 0 Å². The lowest BCUT2D eigenvalue weighted by molar-refractivity contribution is 0.0438. The minimum absolute atomic E-state index is 0.498. The van der Waals surface area contributed by atoms with E-state index in [0.29, 0.717) is 5.38 Å². The molecule has 0 heterocycles. The van der Waals surface area contributed by atoms with Gasteiger partial charge in [0.2, 0.25) is 0 Å². The first-order valence-corrected chi connectivity index (χ1v) is 10.1. The fourth-order valence-corrected chi connectivity index (χ4v) is 8.67. The summed E-state index contributed by atoms with van der Waals surface area (Å²) in [6, 6.07) is 0. The average molecular weight is 303 g/mol. The first kappa shape index (κ1) is 12.5. The van der Waals surface area contributed by atoms with Crippen molar-refractivity contribution in [1.82, 2.24) is 0 Å². The molecule has 0 spiro atoms. The van der Waals surface area contributed by atoms with Crippen LogP contribution in [0.1, 0.15) is 57.8 Å². The normalized spacial score (nSPS) is 60.1. The maximum atomic E-state index is 6.94. The van der Waals surface area contributed by atoms with Gasteiger partial charge in [-0.25, -0.2) is 0 Å². The van der Waals surface area contributed by atoms with E-state index in [1.807, 2.05) is 11.1 Å². The van der Waals surface area contributed by atoms with E-state index in [2.05, 4.69) is 0 Å². The van der Waals surface area contributed by atoms with Gasteiger partial charge < -0.3 is 0 Å². The number of rotatable bonds is 0. The predicted octanol–water partition coefficient (Wildman–Crippen LogP) is 5.41. The molecule has 0 aromatic rings. The Morgan fingerprint density at radius 3 is 1.81 bits per heavy atom. The van der Waals surface area contributed by atoms with Gasteiger partial charge in [0.05, 0.1) is 0 Å². The van der Waals surface area contributed by atoms with Gasteiger partial charge in [-0.2, -0.15) is 0 Å². The van der Waals surface area contributed by atoms with Gasteiger partial charge >= 0.3 is 0 Å². The van der Waals surface area contributed by atoms with Gasteiger partial charge in [0, 0.05) is 5.38 Å². The number of allylic oxidation sites excluding steroid dienone is 2. The second kappa shape index (κ2) is 4.11. The molecule has 0 N–H and O–H groups in total. The van der Waals surface area contributed by atoms with Gasteiger partial charge in [-0.3, -0.25) is 0 Å². The largest absolute Gasteiger partial charge is 0.122 e. The lowest BCUT2D eigenvalue weighted by atomic mass is 9.48. The van der Waals surface area contributed by atoms with Crippen molar-refractivity contribution in [2.24, 2.45) is 47.3 Å². The van der Waals surface area contributed by atoms with Gasteiger partial charge in [0.25, 0.3) is 0 Å². The predicted molar refractivity (Wildman–Crippen MR) is 86.1 cm³/mol. The number of halogens is 1. The zero-order chi connectivity index (χ0) is 13.7. The fraction of sp³-hybridized carbons (Fsp3) is 0.900. The van der Waals surface area contributed by atoms with Crippen LogP contribution in [0.2, 0.25) is 0 Å². The van der Waals surface area contributed by atoms with Crippen LogP contribution in [0.15, 0.2) is 11.1 Å². The standard InChI is InChI=1S/C20H27Cl/c21-20-16-7-12-6-15(9-16)19(17(20)8-12)18-13-2-10-1-11(4-13)5-14(18)3-10/h10-17,20H,1-9H2/t10?,11?,12-,13?,14?,15+,16-,17+,20-/m1/s1. The zero-order valence-corrected chi connectivity index (χ0v) is 13.7. The molecule has 8 rings (SSSR count). The van der Waals surface area contributed by atoms with Crippen LogP contribution in [0, 0.1) is 47.3 Å². The fourth-order valence-electron chi connectivity index (χ4n) is 8.22. The summed E-state index contributed by atoms with van der Waals surface area (Å²) in [7, 11) is 0. The van der Waals surface area contributed by atoms with Crippen molar-refractivity contribution >= 4 is 11.6 Å². The van der Waals surface area contributed by atoms with E-state index in [1.54, 1.807) is 32.1 Å². The van der Waals surface area contributed by atoms with Crippen LogP contribution in [0.4, 0.5) is 0 Å². The summed E-state index contributed by atoms with van der Waals surface area (Å²) in [6.07, 6.45) is 13.7. The summed E-state index contributed by atoms with van der Waals surface area (Å²) in [5.41, 5.74) is 3.98. The van der Waals surface area contributed by atoms with Crippen LogP contribution in [-0.4, -0.2) is 5.38 Å². The molecule has 0 aliphatic heterocycles. The highest BCUT2D eigenvalue weighted by molar-refractivity contribution is 6.21. The molecule has 0 unspecified atom stereocenters. The Labute approximate surface area is 133 Å². The van der Waals surface area contributed by atoms with Crippen LogP contribution < -0.4 is 0 Å². The molecular formula is C20H27Cl. The number of alkyl halides is 1. The molecule has 1 heteroatoms. The second-order valence-corrected chi connectivity index (χ2v) is 10.0. The Kier molecular flexibility index (Phi) is 2.43. The summed E-state index contributed by atoms with van der Waals surface area (Å²) < 4.78 is 0. The van der Waals surface area contributed by atoms with E-state index in [4.69, 9.17) is 11.6 Å². The third-order valence-corrected chi connectivity index (χ3v) is 9.11. The second-order valence-electron chi connectivity index (χ2n) is 9.53. The van der Waals surface area contributed by atoms with Crippen LogP contribution in [0.3, 0.4) is 0 Å². The minimum atomic E-state index is 0.498. The van der Waals surface area contributed by atoms with Crippen LogP contribution in [-0.2, 0) is 0 Å². The summed E-state index contributed by atoms with van der Waals surface area (Å²) >= 11 is 6.94. The lowest BCUT2D eigenvalue weighted by Gasteiger charge is -2.59. The van der Waals surface area contributed by atoms with Gasteiger partial charge in [0.1, 0.15) is 0 Å². The molecule has 0 nitrogen and oxygen atoms in total. The number of hydrogen-bond donors (Lipinski definition) is 0. The van der Waals surface area contributed by atoms with Gasteiger partial charge in [-0.15, -0.1) is 11.6 Å². The first-order chi connectivity index (χ1) is 10.3. The Hall–Kier alpha value is 0.0300.